The Bertz CT molecular complexity index is 129. The van der Waals surface area contributed by atoms with Crippen molar-refractivity contribution in [3.8, 4) is 0 Å². The standard InChI is InChI=1S/C12H24O/c1-4-6-8-11(3)10-12(13)9-7-5-2/h11H,4-10H2,1-3H3. The zero-order chi connectivity index (χ0) is 10.1. The van der Waals surface area contributed by atoms with Crippen molar-refractivity contribution in [2.75, 3.05) is 0 Å². The van der Waals surface area contributed by atoms with Crippen LogP contribution in [0.5, 0.6) is 0 Å². The molecule has 0 bridgehead atoms. The van der Waals surface area contributed by atoms with E-state index in [1.54, 1.807) is 0 Å². The lowest BCUT2D eigenvalue weighted by molar-refractivity contribution is -0.120. The molecule has 0 amide bonds. The number of ketones is 1. The number of Topliss-reactive ketones (excluding diaryl/α,β-unsaturated/α-hetero) is 1. The summed E-state index contributed by atoms with van der Waals surface area (Å²) in [4.78, 5) is 11.4. The molecule has 0 aliphatic carbocycles. The number of carbonyl (C=O) groups is 1. The summed E-state index contributed by atoms with van der Waals surface area (Å²) in [6.07, 6.45) is 7.53. The van der Waals surface area contributed by atoms with Crippen LogP contribution in [0.1, 0.15) is 65.7 Å². The molecule has 0 fully saturated rings. The van der Waals surface area contributed by atoms with Gasteiger partial charge in [-0.1, -0.05) is 46.5 Å². The van der Waals surface area contributed by atoms with Gasteiger partial charge in [-0.25, -0.2) is 0 Å². The van der Waals surface area contributed by atoms with Crippen molar-refractivity contribution in [1.82, 2.24) is 0 Å². The lowest BCUT2D eigenvalue weighted by Crippen LogP contribution is -2.05. The number of unbranched alkanes of at least 4 members (excludes halogenated alkanes) is 2. The second-order valence-electron chi connectivity index (χ2n) is 4.09. The van der Waals surface area contributed by atoms with Crippen LogP contribution in [0.15, 0.2) is 0 Å². The van der Waals surface area contributed by atoms with Crippen molar-refractivity contribution in [2.45, 2.75) is 65.7 Å². The smallest absolute Gasteiger partial charge is 0.133 e. The van der Waals surface area contributed by atoms with Crippen molar-refractivity contribution < 1.29 is 4.79 Å². The average Bonchev–Trinajstić information content (AvgIpc) is 2.11. The van der Waals surface area contributed by atoms with Gasteiger partial charge in [0.05, 0.1) is 0 Å². The molecule has 0 aromatic heterocycles. The second kappa shape index (κ2) is 8.28. The molecule has 0 aromatic rings. The maximum absolute atomic E-state index is 11.4. The van der Waals surface area contributed by atoms with Gasteiger partial charge in [0.15, 0.2) is 0 Å². The quantitative estimate of drug-likeness (QED) is 0.558. The van der Waals surface area contributed by atoms with Crippen molar-refractivity contribution >= 4 is 5.78 Å². The first kappa shape index (κ1) is 12.7. The highest BCUT2D eigenvalue weighted by molar-refractivity contribution is 5.78. The molecule has 0 saturated carbocycles. The van der Waals surface area contributed by atoms with Crippen molar-refractivity contribution in [3.05, 3.63) is 0 Å². The summed E-state index contributed by atoms with van der Waals surface area (Å²) in [5.41, 5.74) is 0. The Morgan fingerprint density at radius 1 is 1.15 bits per heavy atom. The molecular formula is C12H24O. The van der Waals surface area contributed by atoms with Gasteiger partial charge in [-0.05, 0) is 12.3 Å². The zero-order valence-electron chi connectivity index (χ0n) is 9.44. The average molecular weight is 184 g/mol. The summed E-state index contributed by atoms with van der Waals surface area (Å²) in [7, 11) is 0. The fourth-order valence-corrected chi connectivity index (χ4v) is 1.52. The van der Waals surface area contributed by atoms with Gasteiger partial charge in [-0.15, -0.1) is 0 Å². The summed E-state index contributed by atoms with van der Waals surface area (Å²) in [6, 6.07) is 0. The maximum Gasteiger partial charge on any atom is 0.133 e. The summed E-state index contributed by atoms with van der Waals surface area (Å²) >= 11 is 0. The van der Waals surface area contributed by atoms with Crippen molar-refractivity contribution in [3.63, 3.8) is 0 Å². The van der Waals surface area contributed by atoms with Gasteiger partial charge in [-0.3, -0.25) is 4.79 Å². The highest BCUT2D eigenvalue weighted by Gasteiger charge is 2.07. The maximum atomic E-state index is 11.4. The minimum atomic E-state index is 0.463. The Balaban J connectivity index is 3.41. The minimum absolute atomic E-state index is 0.463. The van der Waals surface area contributed by atoms with Crippen molar-refractivity contribution in [1.29, 1.82) is 0 Å². The van der Waals surface area contributed by atoms with Gasteiger partial charge >= 0.3 is 0 Å². The first-order valence-electron chi connectivity index (χ1n) is 5.72. The fraction of sp³-hybridized carbons (Fsp3) is 0.917. The van der Waals surface area contributed by atoms with E-state index < -0.39 is 0 Å². The molecule has 1 unspecified atom stereocenters. The first-order valence-corrected chi connectivity index (χ1v) is 5.72. The number of hydrogen-bond acceptors (Lipinski definition) is 1. The molecule has 0 spiro atoms. The molecular weight excluding hydrogens is 160 g/mol. The van der Waals surface area contributed by atoms with E-state index in [-0.39, 0.29) is 0 Å². The Hall–Kier alpha value is -0.330. The molecule has 13 heavy (non-hydrogen) atoms. The SMILES string of the molecule is CCCCC(=O)CC(C)CCCC. The highest BCUT2D eigenvalue weighted by Crippen LogP contribution is 2.13. The lowest BCUT2D eigenvalue weighted by atomic mass is 9.96. The van der Waals surface area contributed by atoms with Crippen LogP contribution in [0, 0.1) is 5.92 Å². The molecule has 0 heterocycles. The molecule has 0 aliphatic rings. The lowest BCUT2D eigenvalue weighted by Gasteiger charge is -2.08. The van der Waals surface area contributed by atoms with Gasteiger partial charge in [0.1, 0.15) is 5.78 Å². The minimum Gasteiger partial charge on any atom is -0.300 e. The third-order valence-electron chi connectivity index (χ3n) is 2.44. The monoisotopic (exact) mass is 184 g/mol. The Morgan fingerprint density at radius 2 is 1.77 bits per heavy atom. The summed E-state index contributed by atoms with van der Waals surface area (Å²) in [6.45, 7) is 6.53. The van der Waals surface area contributed by atoms with E-state index in [1.165, 1.54) is 19.3 Å². The first-order chi connectivity index (χ1) is 6.20. The van der Waals surface area contributed by atoms with Gasteiger partial charge in [-0.2, -0.15) is 0 Å². The largest absolute Gasteiger partial charge is 0.300 e. The second-order valence-corrected chi connectivity index (χ2v) is 4.09. The van der Waals surface area contributed by atoms with Crippen LogP contribution in [-0.2, 0) is 4.79 Å². The summed E-state index contributed by atoms with van der Waals surface area (Å²) in [5, 5.41) is 0. The number of hydrogen-bond donors (Lipinski definition) is 0. The van der Waals surface area contributed by atoms with Gasteiger partial charge in [0.25, 0.3) is 0 Å². The van der Waals surface area contributed by atoms with E-state index in [4.69, 9.17) is 0 Å². The summed E-state index contributed by atoms with van der Waals surface area (Å²) in [5.74, 6) is 1.06. The van der Waals surface area contributed by atoms with Crippen LogP contribution >= 0.6 is 0 Å². The van der Waals surface area contributed by atoms with Crippen LogP contribution in [0.3, 0.4) is 0 Å². The van der Waals surface area contributed by atoms with Crippen LogP contribution in [-0.4, -0.2) is 5.78 Å². The number of rotatable bonds is 8. The van der Waals surface area contributed by atoms with Crippen LogP contribution in [0.25, 0.3) is 0 Å². The predicted molar refractivity (Wildman–Crippen MR) is 57.8 cm³/mol. The third-order valence-corrected chi connectivity index (χ3v) is 2.44. The van der Waals surface area contributed by atoms with Crippen molar-refractivity contribution in [2.24, 2.45) is 5.92 Å². The Labute approximate surface area is 82.9 Å². The Kier molecular flexibility index (Phi) is 8.07. The van der Waals surface area contributed by atoms with E-state index >= 15 is 0 Å². The molecule has 0 N–H and O–H groups in total. The molecule has 78 valence electrons. The number of carbonyl (C=O) groups excluding carboxylic acids is 1. The molecule has 1 nitrogen and oxygen atoms in total. The van der Waals surface area contributed by atoms with E-state index in [9.17, 15) is 4.79 Å². The van der Waals surface area contributed by atoms with Crippen LogP contribution in [0.4, 0.5) is 0 Å². The normalized spacial score (nSPS) is 12.8. The van der Waals surface area contributed by atoms with Gasteiger partial charge < -0.3 is 0 Å². The van der Waals surface area contributed by atoms with Crippen LogP contribution < -0.4 is 0 Å². The van der Waals surface area contributed by atoms with Gasteiger partial charge in [0, 0.05) is 12.8 Å². The summed E-state index contributed by atoms with van der Waals surface area (Å²) < 4.78 is 0. The molecule has 0 saturated heterocycles. The van der Waals surface area contributed by atoms with Gasteiger partial charge in [0.2, 0.25) is 0 Å². The van der Waals surface area contributed by atoms with E-state index in [2.05, 4.69) is 20.8 Å². The molecule has 0 aromatic carbocycles. The Morgan fingerprint density at radius 3 is 2.31 bits per heavy atom. The molecule has 0 rings (SSSR count). The van der Waals surface area contributed by atoms with E-state index in [0.717, 1.165) is 25.7 Å². The fourth-order valence-electron chi connectivity index (χ4n) is 1.52. The molecule has 1 heteroatoms. The van der Waals surface area contributed by atoms with E-state index in [1.807, 2.05) is 0 Å². The molecule has 0 aliphatic heterocycles. The molecule has 0 radical (unpaired) electrons. The third kappa shape index (κ3) is 8.01. The van der Waals surface area contributed by atoms with E-state index in [0.29, 0.717) is 11.7 Å². The molecule has 1 atom stereocenters. The van der Waals surface area contributed by atoms with Crippen LogP contribution in [0.2, 0.25) is 0 Å². The highest BCUT2D eigenvalue weighted by atomic mass is 16.1. The predicted octanol–water partition coefficient (Wildman–Crippen LogP) is 3.96. The topological polar surface area (TPSA) is 17.1 Å². The zero-order valence-corrected chi connectivity index (χ0v) is 9.44.